The lowest BCUT2D eigenvalue weighted by molar-refractivity contribution is -0.169. The Hall–Kier alpha value is -0.570. The van der Waals surface area contributed by atoms with Crippen LogP contribution >= 0.6 is 0 Å². The molecule has 1 aliphatic heterocycles. The Balaban J connectivity index is 1.98. The molecule has 1 aliphatic carbocycles. The van der Waals surface area contributed by atoms with Gasteiger partial charge in [-0.2, -0.15) is 0 Å². The van der Waals surface area contributed by atoms with Crippen LogP contribution in [-0.2, 0) is 14.3 Å². The fourth-order valence-electron chi connectivity index (χ4n) is 3.05. The molecule has 0 aromatic carbocycles. The van der Waals surface area contributed by atoms with Crippen molar-refractivity contribution in [2.45, 2.75) is 70.7 Å². The molecule has 0 aromatic rings. The van der Waals surface area contributed by atoms with E-state index >= 15 is 0 Å². The van der Waals surface area contributed by atoms with E-state index in [2.05, 4.69) is 0 Å². The maximum absolute atomic E-state index is 11.1. The molecule has 0 unspecified atom stereocenters. The summed E-state index contributed by atoms with van der Waals surface area (Å²) in [6.07, 6.45) is 6.59. The van der Waals surface area contributed by atoms with Crippen molar-refractivity contribution in [2.75, 3.05) is 0 Å². The van der Waals surface area contributed by atoms with E-state index in [1.807, 2.05) is 13.8 Å². The fourth-order valence-corrected chi connectivity index (χ4v) is 3.05. The van der Waals surface area contributed by atoms with Crippen molar-refractivity contribution in [2.24, 2.45) is 5.92 Å². The van der Waals surface area contributed by atoms with Gasteiger partial charge in [0, 0.05) is 6.92 Å². The van der Waals surface area contributed by atoms with Gasteiger partial charge in [0.05, 0.1) is 12.2 Å². The summed E-state index contributed by atoms with van der Waals surface area (Å²) in [6, 6.07) is 0. The molecule has 0 radical (unpaired) electrons. The highest BCUT2D eigenvalue weighted by Gasteiger charge is 2.44. The predicted octanol–water partition coefficient (Wildman–Crippen LogP) is 2.68. The van der Waals surface area contributed by atoms with Crippen LogP contribution in [0.1, 0.15) is 52.9 Å². The highest BCUT2D eigenvalue weighted by atomic mass is 16.6. The standard InChI is InChI=1S/C13H22O3/c1-9(14)16-13(2,3)12-8-10-6-4-5-7-11(10)15-12/h10-12H,4-8H2,1-3H3/t10-,11+,12-/m0/s1. The highest BCUT2D eigenvalue weighted by Crippen LogP contribution is 2.41. The Morgan fingerprint density at radius 2 is 2.00 bits per heavy atom. The first-order valence-corrected chi connectivity index (χ1v) is 6.34. The first kappa shape index (κ1) is 11.9. The maximum atomic E-state index is 11.1. The minimum atomic E-state index is -0.483. The second-order valence-corrected chi connectivity index (χ2v) is 5.64. The zero-order chi connectivity index (χ0) is 11.8. The zero-order valence-corrected chi connectivity index (χ0v) is 10.5. The minimum Gasteiger partial charge on any atom is -0.457 e. The quantitative estimate of drug-likeness (QED) is 0.679. The molecule has 0 spiro atoms. The van der Waals surface area contributed by atoms with Crippen LogP contribution < -0.4 is 0 Å². The third-order valence-electron chi connectivity index (χ3n) is 3.88. The van der Waals surface area contributed by atoms with E-state index in [-0.39, 0.29) is 12.1 Å². The average Bonchev–Trinajstić information content (AvgIpc) is 2.59. The van der Waals surface area contributed by atoms with Crippen LogP contribution in [0.5, 0.6) is 0 Å². The Labute approximate surface area is 97.5 Å². The van der Waals surface area contributed by atoms with Crippen LogP contribution in [0.15, 0.2) is 0 Å². The van der Waals surface area contributed by atoms with Crippen molar-refractivity contribution in [1.29, 1.82) is 0 Å². The molecule has 2 aliphatic rings. The SMILES string of the molecule is CC(=O)OC(C)(C)[C@@H]1C[C@@H]2CCCC[C@H]2O1. The number of ether oxygens (including phenoxy) is 2. The van der Waals surface area contributed by atoms with Crippen molar-refractivity contribution in [3.05, 3.63) is 0 Å². The summed E-state index contributed by atoms with van der Waals surface area (Å²) in [7, 11) is 0. The van der Waals surface area contributed by atoms with Gasteiger partial charge in [-0.3, -0.25) is 4.79 Å². The molecular formula is C13H22O3. The van der Waals surface area contributed by atoms with Crippen LogP contribution in [0.25, 0.3) is 0 Å². The number of fused-ring (bicyclic) bond motifs is 1. The molecule has 3 nitrogen and oxygen atoms in total. The van der Waals surface area contributed by atoms with Gasteiger partial charge in [-0.05, 0) is 39.0 Å². The highest BCUT2D eigenvalue weighted by molar-refractivity contribution is 5.66. The van der Waals surface area contributed by atoms with E-state index in [0.717, 1.165) is 6.42 Å². The van der Waals surface area contributed by atoms with Crippen molar-refractivity contribution in [1.82, 2.24) is 0 Å². The van der Waals surface area contributed by atoms with Gasteiger partial charge in [0.15, 0.2) is 0 Å². The minimum absolute atomic E-state index is 0.0736. The van der Waals surface area contributed by atoms with Crippen LogP contribution in [0.4, 0.5) is 0 Å². The number of rotatable bonds is 2. The lowest BCUT2D eigenvalue weighted by Crippen LogP contribution is -2.40. The van der Waals surface area contributed by atoms with E-state index in [0.29, 0.717) is 12.0 Å². The van der Waals surface area contributed by atoms with E-state index in [9.17, 15) is 4.79 Å². The molecule has 0 bridgehead atoms. The third kappa shape index (κ3) is 2.40. The molecule has 2 rings (SSSR count). The van der Waals surface area contributed by atoms with Gasteiger partial charge in [0.2, 0.25) is 0 Å². The third-order valence-corrected chi connectivity index (χ3v) is 3.88. The summed E-state index contributed by atoms with van der Waals surface area (Å²) in [5, 5.41) is 0. The number of carbonyl (C=O) groups excluding carboxylic acids is 1. The predicted molar refractivity (Wildman–Crippen MR) is 61.1 cm³/mol. The summed E-state index contributed by atoms with van der Waals surface area (Å²) in [5.41, 5.74) is -0.483. The summed E-state index contributed by atoms with van der Waals surface area (Å²) in [4.78, 5) is 11.1. The Morgan fingerprint density at radius 1 is 1.31 bits per heavy atom. The molecule has 1 saturated heterocycles. The Kier molecular flexibility index (Phi) is 3.24. The Bertz CT molecular complexity index is 258. The monoisotopic (exact) mass is 226 g/mol. The first-order valence-electron chi connectivity index (χ1n) is 6.34. The van der Waals surface area contributed by atoms with Gasteiger partial charge in [0.25, 0.3) is 0 Å². The molecule has 0 amide bonds. The average molecular weight is 226 g/mol. The molecule has 0 N–H and O–H groups in total. The van der Waals surface area contributed by atoms with Gasteiger partial charge >= 0.3 is 5.97 Å². The topological polar surface area (TPSA) is 35.5 Å². The van der Waals surface area contributed by atoms with Crippen LogP contribution in [0.2, 0.25) is 0 Å². The van der Waals surface area contributed by atoms with E-state index in [1.54, 1.807) is 0 Å². The molecule has 1 heterocycles. The summed E-state index contributed by atoms with van der Waals surface area (Å²) >= 11 is 0. The largest absolute Gasteiger partial charge is 0.457 e. The second kappa shape index (κ2) is 4.36. The number of hydrogen-bond donors (Lipinski definition) is 0. The number of esters is 1. The normalized spacial score (nSPS) is 34.6. The van der Waals surface area contributed by atoms with Gasteiger partial charge < -0.3 is 9.47 Å². The van der Waals surface area contributed by atoms with E-state index < -0.39 is 5.60 Å². The van der Waals surface area contributed by atoms with Gasteiger partial charge in [-0.25, -0.2) is 0 Å². The fraction of sp³-hybridized carbons (Fsp3) is 0.923. The van der Waals surface area contributed by atoms with Crippen molar-refractivity contribution < 1.29 is 14.3 Å². The molecule has 1 saturated carbocycles. The van der Waals surface area contributed by atoms with E-state index in [1.165, 1.54) is 32.6 Å². The summed E-state index contributed by atoms with van der Waals surface area (Å²) in [6.45, 7) is 5.37. The zero-order valence-electron chi connectivity index (χ0n) is 10.5. The lowest BCUT2D eigenvalue weighted by atomic mass is 9.83. The lowest BCUT2D eigenvalue weighted by Gasteiger charge is -2.30. The number of hydrogen-bond acceptors (Lipinski definition) is 3. The summed E-state index contributed by atoms with van der Waals surface area (Å²) < 4.78 is 11.4. The second-order valence-electron chi connectivity index (χ2n) is 5.64. The van der Waals surface area contributed by atoms with Crippen molar-refractivity contribution >= 4 is 5.97 Å². The smallest absolute Gasteiger partial charge is 0.303 e. The Morgan fingerprint density at radius 3 is 2.62 bits per heavy atom. The first-order chi connectivity index (χ1) is 7.49. The molecule has 2 fully saturated rings. The van der Waals surface area contributed by atoms with Crippen LogP contribution in [0.3, 0.4) is 0 Å². The molecular weight excluding hydrogens is 204 g/mol. The van der Waals surface area contributed by atoms with Crippen molar-refractivity contribution in [3.63, 3.8) is 0 Å². The van der Waals surface area contributed by atoms with Gasteiger partial charge in [0.1, 0.15) is 5.60 Å². The number of carbonyl (C=O) groups is 1. The van der Waals surface area contributed by atoms with Crippen molar-refractivity contribution in [3.8, 4) is 0 Å². The van der Waals surface area contributed by atoms with Crippen LogP contribution in [-0.4, -0.2) is 23.8 Å². The molecule has 16 heavy (non-hydrogen) atoms. The van der Waals surface area contributed by atoms with Gasteiger partial charge in [-0.1, -0.05) is 12.8 Å². The van der Waals surface area contributed by atoms with Gasteiger partial charge in [-0.15, -0.1) is 0 Å². The molecule has 3 heteroatoms. The van der Waals surface area contributed by atoms with E-state index in [4.69, 9.17) is 9.47 Å². The molecule has 3 atom stereocenters. The maximum Gasteiger partial charge on any atom is 0.303 e. The molecule has 92 valence electrons. The molecule has 0 aromatic heterocycles. The summed E-state index contributed by atoms with van der Waals surface area (Å²) in [5.74, 6) is 0.469. The van der Waals surface area contributed by atoms with Crippen LogP contribution in [0, 0.1) is 5.92 Å².